The topological polar surface area (TPSA) is 418 Å². The summed E-state index contributed by atoms with van der Waals surface area (Å²) in [5, 5.41) is 0. The second kappa shape index (κ2) is 26.4. The van der Waals surface area contributed by atoms with Crippen LogP contribution in [-0.2, 0) is 54.5 Å². The minimum absolute atomic E-state index is 0. The van der Waals surface area contributed by atoms with Crippen LogP contribution in [0, 0.1) is 0 Å². The van der Waals surface area contributed by atoms with Crippen molar-refractivity contribution in [3.8, 4) is 0 Å². The third-order valence-electron chi connectivity index (χ3n) is 3.47. The third kappa shape index (κ3) is 29.7. The molecule has 24 nitrogen and oxygen atoms in total. The fourth-order valence-corrected chi connectivity index (χ4v) is 6.05. The largest absolute Gasteiger partial charge is 1.00 e. The molecule has 0 aromatic heterocycles. The molecule has 1 aliphatic rings. The van der Waals surface area contributed by atoms with E-state index in [2.05, 4.69) is 27.1 Å². The van der Waals surface area contributed by atoms with Gasteiger partial charge < -0.3 is 86.0 Å². The minimum atomic E-state index is -6.60. The molecule has 6 N–H and O–H groups in total. The normalized spacial score (nSPS) is 25.1. The van der Waals surface area contributed by atoms with Crippen molar-refractivity contribution in [1.82, 2.24) is 0 Å². The molecule has 0 amide bonds. The molecule has 0 spiro atoms. The zero-order chi connectivity index (χ0) is 28.7. The summed E-state index contributed by atoms with van der Waals surface area (Å²) < 4.78 is 90.7. The molecular weight excluding hydrogens is 876 g/mol. The summed E-state index contributed by atoms with van der Waals surface area (Å²) in [6.45, 7) is 0. The molecule has 1 aliphatic carbocycles. The van der Waals surface area contributed by atoms with Gasteiger partial charge in [0.05, 0.1) is 23.5 Å². The summed E-state index contributed by atoms with van der Waals surface area (Å²) in [4.78, 5) is 121. The molecule has 0 aromatic carbocycles. The van der Waals surface area contributed by atoms with Gasteiger partial charge in [0.15, 0.2) is 0 Å². The molecule has 2 unspecified atom stereocenters. The summed E-state index contributed by atoms with van der Waals surface area (Å²) in [6, 6.07) is 0. The maximum absolute atomic E-state index is 11.4. The molecule has 0 radical (unpaired) electrons. The van der Waals surface area contributed by atoms with Crippen molar-refractivity contribution < 1.29 is 422 Å². The predicted molar refractivity (Wildman–Crippen MR) is 88.2 cm³/mol. The van der Waals surface area contributed by atoms with Gasteiger partial charge in [-0.15, -0.1) is 0 Å². The van der Waals surface area contributed by atoms with Gasteiger partial charge in [-0.2, -0.15) is 0 Å². The summed E-state index contributed by atoms with van der Waals surface area (Å²) >= 11 is 0. The molecule has 0 aliphatic heterocycles. The molecule has 1 fully saturated rings. The quantitative estimate of drug-likeness (QED) is 0.0782. The number of hydrogen-bond donors (Lipinski definition) is 6. The Kier molecular flexibility index (Phi) is 40.5. The first kappa shape index (κ1) is 64.4. The smallest absolute Gasteiger partial charge is 0.790 e. The molecule has 42 heavy (non-hydrogen) atoms. The summed E-state index contributed by atoms with van der Waals surface area (Å²) in [7, 11) is -38.1. The predicted octanol–water partition coefficient (Wildman–Crippen LogP) is -24.9. The molecule has 36 heteroatoms. The zero-order valence-electron chi connectivity index (χ0n) is 22.2. The third-order valence-corrected chi connectivity index (χ3v) is 6.53. The standard InChI is InChI=1S/C6H18O24P6.6K/c7-31(8,9)25-1-2(26-32(10,11)12)4(28-34(16,17)18)6(30-36(22,23)24)5(29-35(19,20)21)3(1)27-33(13,14)15;;;;;;/h1-6H,(H2,7,8,9)(H2,10,11,12)(H2,13,14,15)(H2,16,17,18)(H2,19,20,21)(H2,22,23,24);;;;;;/q;6*+1/p-6/t1-,2-,3?,4?,5-,6+;;;;;;/m1....../s1. The Morgan fingerprint density at radius 2 is 0.452 bits per heavy atom. The summed E-state index contributed by atoms with van der Waals surface area (Å²) in [5.41, 5.74) is 0. The van der Waals surface area contributed by atoms with Gasteiger partial charge in [-0.05, 0) is 0 Å². The maximum Gasteiger partial charge on any atom is 1.00 e. The Bertz CT molecular complexity index is 843. The van der Waals surface area contributed by atoms with Crippen LogP contribution in [0.25, 0.3) is 0 Å². The Balaban J connectivity index is -0.000000540. The second-order valence-corrected chi connectivity index (χ2v) is 13.1. The molecule has 0 aromatic rings. The Morgan fingerprint density at radius 1 is 0.333 bits per heavy atom. The van der Waals surface area contributed by atoms with Crippen molar-refractivity contribution in [2.75, 3.05) is 0 Å². The number of phosphoric acid groups is 6. The van der Waals surface area contributed by atoms with Crippen molar-refractivity contribution in [1.29, 1.82) is 0 Å². The van der Waals surface area contributed by atoms with Gasteiger partial charge in [0.25, 0.3) is 0 Å². The van der Waals surface area contributed by atoms with E-state index in [4.69, 9.17) is 29.4 Å². The van der Waals surface area contributed by atoms with E-state index in [1.165, 1.54) is 0 Å². The van der Waals surface area contributed by atoms with E-state index in [0.717, 1.165) is 0 Å². The number of hydrogen-bond acceptors (Lipinski definition) is 18. The first-order valence-electron chi connectivity index (χ1n) is 7.90. The summed E-state index contributed by atoms with van der Waals surface area (Å²) in [5.74, 6) is 0. The fourth-order valence-electron chi connectivity index (χ4n) is 2.76. The van der Waals surface area contributed by atoms with Gasteiger partial charge in [-0.1, -0.05) is 0 Å². The van der Waals surface area contributed by atoms with Crippen LogP contribution in [0.4, 0.5) is 0 Å². The molecule has 1 saturated carbocycles. The van der Waals surface area contributed by atoms with Crippen LogP contribution in [0.1, 0.15) is 0 Å². The van der Waals surface area contributed by atoms with E-state index < -0.39 is 83.6 Å². The van der Waals surface area contributed by atoms with Gasteiger partial charge in [0.2, 0.25) is 0 Å². The first-order chi connectivity index (χ1) is 15.6. The second-order valence-electron chi connectivity index (χ2n) is 6.23. The van der Waals surface area contributed by atoms with Gasteiger partial charge in [-0.3, -0.25) is 13.6 Å². The van der Waals surface area contributed by atoms with Gasteiger partial charge >= 0.3 is 332 Å². The SMILES string of the molecule is O=P([O-])([O-])OC1[C@H](OP(=O)([O-])[O-])[C@H](OP(=O)(O)O)C(OP(=O)(O)O)[C@H](OP(=O)(O)O)[C@H]1OP(=O)([O-])[O-].[K+].[K+].[K+].[K+].[K+].[K+]. The van der Waals surface area contributed by atoms with E-state index in [1.54, 1.807) is 0 Å². The molecule has 0 heterocycles. The molecular formula is C6H12K6O24P6. The van der Waals surface area contributed by atoms with Crippen LogP contribution in [0.5, 0.6) is 0 Å². The molecule has 1 rings (SSSR count). The average Bonchev–Trinajstić information content (AvgIpc) is 2.51. The number of phosphoric ester groups is 6. The van der Waals surface area contributed by atoms with E-state index in [-0.39, 0.29) is 308 Å². The maximum atomic E-state index is 11.4. The van der Waals surface area contributed by atoms with Crippen LogP contribution in [0.15, 0.2) is 0 Å². The van der Waals surface area contributed by atoms with E-state index in [0.29, 0.717) is 0 Å². The van der Waals surface area contributed by atoms with Crippen LogP contribution >= 0.6 is 46.9 Å². The minimum Gasteiger partial charge on any atom is -0.790 e. The number of rotatable bonds is 12. The van der Waals surface area contributed by atoms with E-state index in [9.17, 15) is 56.8 Å². The summed E-state index contributed by atoms with van der Waals surface area (Å²) in [6.07, 6.45) is -20.2. The van der Waals surface area contributed by atoms with Crippen molar-refractivity contribution in [3.63, 3.8) is 0 Å². The van der Waals surface area contributed by atoms with Gasteiger partial charge in [-0.25, -0.2) is 13.7 Å². The van der Waals surface area contributed by atoms with Gasteiger partial charge in [0, 0.05) is 0 Å². The molecule has 0 bridgehead atoms. The van der Waals surface area contributed by atoms with Crippen molar-refractivity contribution in [2.24, 2.45) is 0 Å². The van der Waals surface area contributed by atoms with E-state index >= 15 is 0 Å². The van der Waals surface area contributed by atoms with E-state index in [1.807, 2.05) is 0 Å². The first-order valence-corrected chi connectivity index (χ1v) is 16.9. The molecule has 6 atom stereocenters. The Labute approximate surface area is 491 Å². The van der Waals surface area contributed by atoms with Crippen molar-refractivity contribution in [2.45, 2.75) is 36.6 Å². The molecule has 216 valence electrons. The van der Waals surface area contributed by atoms with Crippen LogP contribution in [0.3, 0.4) is 0 Å². The van der Waals surface area contributed by atoms with Crippen LogP contribution in [0.2, 0.25) is 0 Å². The van der Waals surface area contributed by atoms with Crippen LogP contribution < -0.4 is 338 Å². The monoisotopic (exact) mass is 888 g/mol. The van der Waals surface area contributed by atoms with Gasteiger partial charge in [0.1, 0.15) is 36.6 Å². The van der Waals surface area contributed by atoms with Crippen molar-refractivity contribution in [3.05, 3.63) is 0 Å². The van der Waals surface area contributed by atoms with Crippen molar-refractivity contribution >= 4 is 46.9 Å². The van der Waals surface area contributed by atoms with Crippen LogP contribution in [-0.4, -0.2) is 66.0 Å². The average molecular weight is 889 g/mol. The molecule has 0 saturated heterocycles. The Hall–Kier alpha value is 10.5. The fraction of sp³-hybridized carbons (Fsp3) is 1.00. The Morgan fingerprint density at radius 3 is 0.548 bits per heavy atom. The zero-order valence-corrected chi connectivity index (χ0v) is 46.3.